The first-order valence-electron chi connectivity index (χ1n) is 6.96. The van der Waals surface area contributed by atoms with E-state index in [-0.39, 0.29) is 41.9 Å². The van der Waals surface area contributed by atoms with Crippen LogP contribution in [0.4, 0.5) is 0 Å². The van der Waals surface area contributed by atoms with Crippen LogP contribution < -0.4 is 0 Å². The van der Waals surface area contributed by atoms with E-state index < -0.39 is 11.6 Å². The van der Waals surface area contributed by atoms with Gasteiger partial charge in [-0.15, -0.1) is 0 Å². The van der Waals surface area contributed by atoms with Crippen LogP contribution in [0.25, 0.3) is 0 Å². The number of piperidine rings is 1. The second-order valence-electron chi connectivity index (χ2n) is 5.37. The smallest absolute Gasteiger partial charge is 0.213 e. The second kappa shape index (κ2) is 6.45. The molecule has 0 spiro atoms. The first-order valence-corrected chi connectivity index (χ1v) is 8.85. The molecule has 0 unspecified atom stereocenters. The molecule has 23 heavy (non-hydrogen) atoms. The normalized spacial score (nSPS) is 18.6. The van der Waals surface area contributed by atoms with Crippen LogP contribution in [0.5, 0.6) is 0 Å². The Morgan fingerprint density at radius 1 is 0.652 bits per heavy atom. The average molecular weight is 414 g/mol. The number of likely N-dealkylation sites (tertiary alicyclic amines) is 1. The van der Waals surface area contributed by atoms with Crippen molar-refractivity contribution in [3.63, 3.8) is 0 Å². The van der Waals surface area contributed by atoms with Gasteiger partial charge in [-0.25, -0.2) is 0 Å². The Morgan fingerprint density at radius 2 is 1.13 bits per heavy atom. The number of carbonyl (C=O) groups is 2. The summed E-state index contributed by atoms with van der Waals surface area (Å²) in [6.07, 6.45) is 2.93. The van der Waals surface area contributed by atoms with E-state index in [9.17, 15) is 9.59 Å². The zero-order valence-corrected chi connectivity index (χ0v) is 15.5. The summed E-state index contributed by atoms with van der Waals surface area (Å²) in [6.45, 7) is 1.32. The van der Waals surface area contributed by atoms with E-state index in [4.69, 9.17) is 58.0 Å². The molecular weight excluding hydrogens is 403 g/mol. The van der Waals surface area contributed by atoms with E-state index >= 15 is 0 Å². The highest BCUT2D eigenvalue weighted by Crippen LogP contribution is 2.46. The molecule has 1 fully saturated rings. The highest BCUT2D eigenvalue weighted by Gasteiger charge is 2.39. The first kappa shape index (κ1) is 17.4. The van der Waals surface area contributed by atoms with Crippen molar-refractivity contribution in [3.05, 3.63) is 41.9 Å². The number of ketones is 2. The van der Waals surface area contributed by atoms with Crippen LogP contribution in [0.3, 0.4) is 0 Å². The van der Waals surface area contributed by atoms with Crippen molar-refractivity contribution in [1.82, 2.24) is 4.90 Å². The molecule has 1 aromatic rings. The number of halogens is 5. The van der Waals surface area contributed by atoms with Crippen molar-refractivity contribution in [2.24, 2.45) is 0 Å². The predicted octanol–water partition coefficient (Wildman–Crippen LogP) is 5.62. The summed E-state index contributed by atoms with van der Waals surface area (Å²) in [4.78, 5) is 27.4. The van der Waals surface area contributed by atoms with Crippen LogP contribution >= 0.6 is 58.0 Å². The van der Waals surface area contributed by atoms with Crippen molar-refractivity contribution >= 4 is 69.6 Å². The molecular formula is C15H10Cl5NO2. The van der Waals surface area contributed by atoms with Gasteiger partial charge in [-0.05, 0) is 19.3 Å². The van der Waals surface area contributed by atoms with Gasteiger partial charge in [-0.1, -0.05) is 58.0 Å². The Hall–Kier alpha value is -0.450. The lowest BCUT2D eigenvalue weighted by atomic mass is 9.90. The fourth-order valence-corrected chi connectivity index (χ4v) is 4.22. The molecule has 1 aromatic carbocycles. The zero-order valence-electron chi connectivity index (χ0n) is 11.7. The summed E-state index contributed by atoms with van der Waals surface area (Å²) >= 11 is 30.5. The van der Waals surface area contributed by atoms with Crippen molar-refractivity contribution in [1.29, 1.82) is 0 Å². The van der Waals surface area contributed by atoms with Crippen molar-refractivity contribution in [3.8, 4) is 0 Å². The molecule has 0 amide bonds. The largest absolute Gasteiger partial charge is 0.367 e. The molecule has 1 saturated heterocycles. The second-order valence-corrected chi connectivity index (χ2v) is 7.26. The van der Waals surface area contributed by atoms with E-state index in [1.54, 1.807) is 0 Å². The van der Waals surface area contributed by atoms with E-state index in [0.717, 1.165) is 19.3 Å². The maximum atomic E-state index is 12.9. The summed E-state index contributed by atoms with van der Waals surface area (Å²) in [6, 6.07) is 0. The van der Waals surface area contributed by atoms with Crippen molar-refractivity contribution in [2.75, 3.05) is 13.1 Å². The number of Topliss-reactive ketones (excluding diaryl/α,β-unsaturated/α-hetero) is 2. The monoisotopic (exact) mass is 411 g/mol. The molecule has 2 aliphatic rings. The van der Waals surface area contributed by atoms with Gasteiger partial charge in [0.1, 0.15) is 10.7 Å². The molecule has 0 atom stereocenters. The molecule has 122 valence electrons. The van der Waals surface area contributed by atoms with Crippen LogP contribution in [0.15, 0.2) is 10.7 Å². The Bertz CT molecular complexity index is 766. The predicted molar refractivity (Wildman–Crippen MR) is 93.4 cm³/mol. The third-order valence-corrected chi connectivity index (χ3v) is 6.17. The highest BCUT2D eigenvalue weighted by atomic mass is 35.5. The Balaban J connectivity index is 2.23. The lowest BCUT2D eigenvalue weighted by Gasteiger charge is -2.33. The van der Waals surface area contributed by atoms with Gasteiger partial charge in [0.05, 0.1) is 31.2 Å². The van der Waals surface area contributed by atoms with Crippen LogP contribution in [0.2, 0.25) is 20.1 Å². The van der Waals surface area contributed by atoms with Gasteiger partial charge in [0.25, 0.3) is 0 Å². The van der Waals surface area contributed by atoms with E-state index in [1.807, 2.05) is 4.90 Å². The van der Waals surface area contributed by atoms with Crippen LogP contribution in [-0.2, 0) is 0 Å². The number of carbonyl (C=O) groups excluding carboxylic acids is 2. The first-order chi connectivity index (χ1) is 10.9. The minimum atomic E-state index is -0.563. The molecule has 0 saturated carbocycles. The van der Waals surface area contributed by atoms with E-state index in [2.05, 4.69) is 0 Å². The molecule has 3 nitrogen and oxygen atoms in total. The molecule has 1 heterocycles. The van der Waals surface area contributed by atoms with Gasteiger partial charge in [-0.3, -0.25) is 9.59 Å². The third-order valence-electron chi connectivity index (χ3n) is 4.02. The van der Waals surface area contributed by atoms with Crippen LogP contribution in [0.1, 0.15) is 40.0 Å². The Morgan fingerprint density at radius 3 is 1.65 bits per heavy atom. The van der Waals surface area contributed by atoms with E-state index in [1.165, 1.54) is 0 Å². The Labute approximate surface area is 158 Å². The topological polar surface area (TPSA) is 37.4 Å². The number of rotatable bonds is 1. The molecule has 0 N–H and O–H groups in total. The molecule has 8 heteroatoms. The van der Waals surface area contributed by atoms with E-state index in [0.29, 0.717) is 13.1 Å². The quantitative estimate of drug-likeness (QED) is 0.443. The number of nitrogens with zero attached hydrogens (tertiary/aromatic N) is 1. The average Bonchev–Trinajstić information content (AvgIpc) is 2.55. The Kier molecular flexibility index (Phi) is 4.88. The minimum Gasteiger partial charge on any atom is -0.367 e. The highest BCUT2D eigenvalue weighted by molar-refractivity contribution is 6.58. The SMILES string of the molecule is O=C1C(Cl)=C(N2CCCCC2)C(=O)c2c(Cl)c(Cl)c(Cl)c(Cl)c21. The molecule has 0 aromatic heterocycles. The van der Waals surface area contributed by atoms with Gasteiger partial charge < -0.3 is 4.90 Å². The number of allylic oxidation sites excluding steroid dienone is 2. The summed E-state index contributed by atoms with van der Waals surface area (Å²) in [7, 11) is 0. The minimum absolute atomic E-state index is 0.0268. The van der Waals surface area contributed by atoms with Gasteiger partial charge >= 0.3 is 0 Å². The summed E-state index contributed by atoms with van der Waals surface area (Å²) in [5, 5.41) is -0.447. The summed E-state index contributed by atoms with van der Waals surface area (Å²) in [5.74, 6) is -1.01. The molecule has 0 bridgehead atoms. The summed E-state index contributed by atoms with van der Waals surface area (Å²) < 4.78 is 0. The molecule has 1 aliphatic carbocycles. The fourth-order valence-electron chi connectivity index (χ4n) is 2.89. The van der Waals surface area contributed by atoms with Gasteiger partial charge in [0.15, 0.2) is 0 Å². The third kappa shape index (κ3) is 2.67. The van der Waals surface area contributed by atoms with Gasteiger partial charge in [-0.2, -0.15) is 0 Å². The maximum absolute atomic E-state index is 12.9. The summed E-state index contributed by atoms with van der Waals surface area (Å²) in [5.41, 5.74) is 0.0584. The number of hydrogen-bond acceptors (Lipinski definition) is 3. The maximum Gasteiger partial charge on any atom is 0.213 e. The molecule has 3 rings (SSSR count). The lowest BCUT2D eigenvalue weighted by Crippen LogP contribution is -2.37. The number of hydrogen-bond donors (Lipinski definition) is 0. The standard InChI is InChI=1S/C15H10Cl5NO2/c16-8-6-7(9(17)11(19)10(8)18)15(23)13(12(20)14(6)22)21-4-2-1-3-5-21/h1-5H2. The van der Waals surface area contributed by atoms with Crippen LogP contribution in [0, 0.1) is 0 Å². The number of benzene rings is 1. The number of fused-ring (bicyclic) bond motifs is 1. The molecule has 0 radical (unpaired) electrons. The fraction of sp³-hybridized carbons (Fsp3) is 0.333. The van der Waals surface area contributed by atoms with Gasteiger partial charge in [0.2, 0.25) is 11.6 Å². The van der Waals surface area contributed by atoms with Crippen LogP contribution in [-0.4, -0.2) is 29.6 Å². The van der Waals surface area contributed by atoms with Crippen molar-refractivity contribution in [2.45, 2.75) is 19.3 Å². The van der Waals surface area contributed by atoms with Crippen molar-refractivity contribution < 1.29 is 9.59 Å². The zero-order chi connectivity index (χ0) is 16.9. The lowest BCUT2D eigenvalue weighted by molar-refractivity contribution is 0.0940. The molecule has 1 aliphatic heterocycles. The van der Waals surface area contributed by atoms with Gasteiger partial charge in [0, 0.05) is 13.1 Å².